The SMILES string of the molecule is COc1cccc(OC)c1CON=C(C)c1cc(SC)cc(C)n1. The molecule has 0 bridgehead atoms. The molecule has 0 N–H and O–H groups in total. The van der Waals surface area contributed by atoms with Gasteiger partial charge in [-0.05, 0) is 44.4 Å². The number of benzene rings is 1. The molecule has 1 aromatic carbocycles. The van der Waals surface area contributed by atoms with E-state index >= 15 is 0 Å². The summed E-state index contributed by atoms with van der Waals surface area (Å²) in [6.07, 6.45) is 2.04. The van der Waals surface area contributed by atoms with E-state index in [9.17, 15) is 0 Å². The molecule has 5 nitrogen and oxygen atoms in total. The second-order valence-electron chi connectivity index (χ2n) is 5.12. The van der Waals surface area contributed by atoms with Crippen molar-refractivity contribution in [1.29, 1.82) is 0 Å². The minimum absolute atomic E-state index is 0.256. The Morgan fingerprint density at radius 1 is 1.17 bits per heavy atom. The van der Waals surface area contributed by atoms with Crippen LogP contribution in [0.3, 0.4) is 0 Å². The van der Waals surface area contributed by atoms with E-state index in [4.69, 9.17) is 14.3 Å². The molecule has 0 radical (unpaired) electrons. The summed E-state index contributed by atoms with van der Waals surface area (Å²) in [6, 6.07) is 9.65. The van der Waals surface area contributed by atoms with Gasteiger partial charge in [0, 0.05) is 10.6 Å². The van der Waals surface area contributed by atoms with E-state index in [0.717, 1.165) is 27.6 Å². The van der Waals surface area contributed by atoms with Gasteiger partial charge in [-0.3, -0.25) is 4.98 Å². The lowest BCUT2D eigenvalue weighted by molar-refractivity contribution is 0.126. The van der Waals surface area contributed by atoms with Gasteiger partial charge in [0.15, 0.2) is 0 Å². The highest BCUT2D eigenvalue weighted by atomic mass is 32.2. The highest BCUT2D eigenvalue weighted by molar-refractivity contribution is 7.98. The molecule has 6 heteroatoms. The summed E-state index contributed by atoms with van der Waals surface area (Å²) in [7, 11) is 3.24. The van der Waals surface area contributed by atoms with Gasteiger partial charge in [0.05, 0.1) is 25.5 Å². The zero-order chi connectivity index (χ0) is 17.5. The van der Waals surface area contributed by atoms with Crippen LogP contribution in [0, 0.1) is 6.92 Å². The Balaban J connectivity index is 2.16. The monoisotopic (exact) mass is 346 g/mol. The lowest BCUT2D eigenvalue weighted by atomic mass is 10.2. The van der Waals surface area contributed by atoms with Crippen LogP contribution in [-0.2, 0) is 11.4 Å². The molecule has 1 aromatic heterocycles. The first-order valence-electron chi connectivity index (χ1n) is 7.48. The molecule has 0 saturated carbocycles. The van der Waals surface area contributed by atoms with Crippen LogP contribution in [0.5, 0.6) is 11.5 Å². The molecule has 0 unspecified atom stereocenters. The topological polar surface area (TPSA) is 52.9 Å². The van der Waals surface area contributed by atoms with Crippen molar-refractivity contribution >= 4 is 17.5 Å². The van der Waals surface area contributed by atoms with Gasteiger partial charge in [-0.25, -0.2) is 0 Å². The average Bonchev–Trinajstić information content (AvgIpc) is 2.60. The Bertz CT molecular complexity index is 710. The number of hydrogen-bond acceptors (Lipinski definition) is 6. The molecule has 0 aliphatic heterocycles. The molecule has 0 fully saturated rings. The van der Waals surface area contributed by atoms with E-state index in [1.54, 1.807) is 26.0 Å². The Morgan fingerprint density at radius 3 is 2.42 bits per heavy atom. The Morgan fingerprint density at radius 2 is 1.83 bits per heavy atom. The number of thioether (sulfide) groups is 1. The van der Waals surface area contributed by atoms with Crippen LogP contribution < -0.4 is 9.47 Å². The molecule has 24 heavy (non-hydrogen) atoms. The fraction of sp³-hybridized carbons (Fsp3) is 0.333. The van der Waals surface area contributed by atoms with E-state index in [1.807, 2.05) is 50.4 Å². The Labute approximate surface area is 147 Å². The molecule has 2 aromatic rings. The number of oxime groups is 1. The summed E-state index contributed by atoms with van der Waals surface area (Å²) in [4.78, 5) is 11.2. The first kappa shape index (κ1) is 18.1. The fourth-order valence-electron chi connectivity index (χ4n) is 2.25. The maximum atomic E-state index is 5.52. The molecule has 0 amide bonds. The molecular weight excluding hydrogens is 324 g/mol. The van der Waals surface area contributed by atoms with Crippen molar-refractivity contribution in [2.45, 2.75) is 25.3 Å². The van der Waals surface area contributed by atoms with Crippen molar-refractivity contribution in [3.8, 4) is 11.5 Å². The summed E-state index contributed by atoms with van der Waals surface area (Å²) in [6.45, 7) is 4.11. The standard InChI is InChI=1S/C18H22N2O3S/c1-12-9-14(24-5)10-16(19-12)13(2)20-23-11-15-17(21-3)7-6-8-18(15)22-4/h6-10H,11H2,1-5H3. The number of aromatic nitrogens is 1. The number of ether oxygens (including phenoxy) is 2. The fourth-order valence-corrected chi connectivity index (χ4v) is 2.77. The van der Waals surface area contributed by atoms with E-state index < -0.39 is 0 Å². The molecule has 0 atom stereocenters. The molecule has 0 aliphatic carbocycles. The normalized spacial score (nSPS) is 11.3. The highest BCUT2D eigenvalue weighted by Gasteiger charge is 2.10. The number of aryl methyl sites for hydroxylation is 1. The van der Waals surface area contributed by atoms with Crippen molar-refractivity contribution in [2.75, 3.05) is 20.5 Å². The smallest absolute Gasteiger partial charge is 0.149 e. The molecule has 2 rings (SSSR count). The zero-order valence-electron chi connectivity index (χ0n) is 14.6. The third kappa shape index (κ3) is 4.41. The summed E-state index contributed by atoms with van der Waals surface area (Å²) < 4.78 is 10.7. The van der Waals surface area contributed by atoms with Gasteiger partial charge < -0.3 is 14.3 Å². The van der Waals surface area contributed by atoms with Crippen LogP contribution in [0.4, 0.5) is 0 Å². The lowest BCUT2D eigenvalue weighted by Gasteiger charge is -2.12. The minimum Gasteiger partial charge on any atom is -0.496 e. The maximum Gasteiger partial charge on any atom is 0.149 e. The second kappa shape index (κ2) is 8.59. The summed E-state index contributed by atoms with van der Waals surface area (Å²) in [5.41, 5.74) is 3.31. The van der Waals surface area contributed by atoms with Crippen molar-refractivity contribution in [3.63, 3.8) is 0 Å². The summed E-state index contributed by atoms with van der Waals surface area (Å²) >= 11 is 1.68. The van der Waals surface area contributed by atoms with Gasteiger partial charge in [-0.2, -0.15) is 0 Å². The third-order valence-corrected chi connectivity index (χ3v) is 4.18. The first-order valence-corrected chi connectivity index (χ1v) is 8.71. The van der Waals surface area contributed by atoms with Crippen LogP contribution in [0.15, 0.2) is 40.4 Å². The highest BCUT2D eigenvalue weighted by Crippen LogP contribution is 2.29. The second-order valence-corrected chi connectivity index (χ2v) is 6.00. The van der Waals surface area contributed by atoms with Crippen LogP contribution in [0.2, 0.25) is 0 Å². The van der Waals surface area contributed by atoms with Crippen molar-refractivity contribution < 1.29 is 14.3 Å². The average molecular weight is 346 g/mol. The summed E-state index contributed by atoms with van der Waals surface area (Å²) in [5, 5.41) is 4.19. The zero-order valence-corrected chi connectivity index (χ0v) is 15.4. The molecule has 128 valence electrons. The van der Waals surface area contributed by atoms with E-state index in [0.29, 0.717) is 11.5 Å². The van der Waals surface area contributed by atoms with Crippen molar-refractivity contribution in [1.82, 2.24) is 4.98 Å². The van der Waals surface area contributed by atoms with Gasteiger partial charge in [0.1, 0.15) is 23.8 Å². The van der Waals surface area contributed by atoms with Crippen molar-refractivity contribution in [2.24, 2.45) is 5.16 Å². The number of rotatable bonds is 7. The molecule has 0 spiro atoms. The molecule has 0 aliphatic rings. The number of hydrogen-bond donors (Lipinski definition) is 0. The van der Waals surface area contributed by atoms with Gasteiger partial charge >= 0.3 is 0 Å². The van der Waals surface area contributed by atoms with E-state index in [1.165, 1.54) is 0 Å². The van der Waals surface area contributed by atoms with Crippen molar-refractivity contribution in [3.05, 3.63) is 47.3 Å². The van der Waals surface area contributed by atoms with Gasteiger partial charge in [-0.1, -0.05) is 11.2 Å². The van der Waals surface area contributed by atoms with Crippen LogP contribution >= 0.6 is 11.8 Å². The predicted molar refractivity (Wildman–Crippen MR) is 97.3 cm³/mol. The predicted octanol–water partition coefficient (Wildman–Crippen LogP) is 4.07. The summed E-state index contributed by atoms with van der Waals surface area (Å²) in [5.74, 6) is 1.42. The van der Waals surface area contributed by atoms with Crippen LogP contribution in [0.25, 0.3) is 0 Å². The largest absolute Gasteiger partial charge is 0.496 e. The number of methoxy groups -OCH3 is 2. The molecular formula is C18H22N2O3S. The van der Waals surface area contributed by atoms with E-state index in [-0.39, 0.29) is 6.61 Å². The number of pyridine rings is 1. The third-order valence-electron chi connectivity index (χ3n) is 3.47. The Hall–Kier alpha value is -2.21. The van der Waals surface area contributed by atoms with Crippen LogP contribution in [0.1, 0.15) is 23.9 Å². The van der Waals surface area contributed by atoms with E-state index in [2.05, 4.69) is 10.1 Å². The minimum atomic E-state index is 0.256. The first-order chi connectivity index (χ1) is 11.6. The Kier molecular flexibility index (Phi) is 6.49. The van der Waals surface area contributed by atoms with Gasteiger partial charge in [0.25, 0.3) is 0 Å². The maximum absolute atomic E-state index is 5.52. The lowest BCUT2D eigenvalue weighted by Crippen LogP contribution is -2.03. The van der Waals surface area contributed by atoms with Crippen LogP contribution in [-0.4, -0.2) is 31.2 Å². The quantitative estimate of drug-likeness (QED) is 0.430. The number of nitrogens with zero attached hydrogens (tertiary/aromatic N) is 2. The molecule has 1 heterocycles. The molecule has 0 saturated heterocycles. The van der Waals surface area contributed by atoms with Gasteiger partial charge in [-0.15, -0.1) is 11.8 Å². The van der Waals surface area contributed by atoms with Gasteiger partial charge in [0.2, 0.25) is 0 Å².